The molecule has 0 aliphatic carbocycles. The molecule has 2 aliphatic heterocycles. The Morgan fingerprint density at radius 2 is 2.00 bits per heavy atom. The van der Waals surface area contributed by atoms with Crippen LogP contribution in [-0.4, -0.2) is 35.7 Å². The fourth-order valence-electron chi connectivity index (χ4n) is 3.92. The Labute approximate surface area is 107 Å². The summed E-state index contributed by atoms with van der Waals surface area (Å²) in [6.07, 6.45) is 3.50. The molecule has 2 aliphatic rings. The van der Waals surface area contributed by atoms with E-state index in [1.54, 1.807) is 0 Å². The number of aliphatic hydroxyl groups excluding tert-OH is 1. The van der Waals surface area contributed by atoms with Gasteiger partial charge in [0.1, 0.15) is 5.82 Å². The molecule has 0 spiro atoms. The maximum atomic E-state index is 13.0. The molecule has 98 valence electrons. The van der Waals surface area contributed by atoms with Crippen LogP contribution in [0.25, 0.3) is 0 Å². The summed E-state index contributed by atoms with van der Waals surface area (Å²) in [5.74, 6) is 0.485. The highest BCUT2D eigenvalue weighted by molar-refractivity contribution is 5.24. The molecule has 2 saturated heterocycles. The van der Waals surface area contributed by atoms with Crippen LogP contribution in [0, 0.1) is 11.7 Å². The first-order valence-electron chi connectivity index (χ1n) is 6.79. The van der Waals surface area contributed by atoms with Gasteiger partial charge < -0.3 is 10.0 Å². The third-order valence-electron chi connectivity index (χ3n) is 4.94. The largest absolute Gasteiger partial charge is 0.396 e. The van der Waals surface area contributed by atoms with E-state index in [1.165, 1.54) is 30.5 Å². The van der Waals surface area contributed by atoms with Crippen LogP contribution < -0.4 is 0 Å². The minimum absolute atomic E-state index is 0.185. The summed E-state index contributed by atoms with van der Waals surface area (Å²) in [7, 11) is 2.17. The lowest BCUT2D eigenvalue weighted by molar-refractivity contribution is 0.0592. The Hall–Kier alpha value is -0.930. The van der Waals surface area contributed by atoms with Gasteiger partial charge >= 0.3 is 0 Å². The molecule has 3 rings (SSSR count). The van der Waals surface area contributed by atoms with Crippen molar-refractivity contribution in [1.29, 1.82) is 0 Å². The Balaban J connectivity index is 1.89. The van der Waals surface area contributed by atoms with Gasteiger partial charge in [0.05, 0.1) is 0 Å². The number of hydrogen-bond donors (Lipinski definition) is 1. The van der Waals surface area contributed by atoms with E-state index < -0.39 is 0 Å². The van der Waals surface area contributed by atoms with Gasteiger partial charge in [-0.05, 0) is 49.9 Å². The van der Waals surface area contributed by atoms with Gasteiger partial charge in [0.2, 0.25) is 0 Å². The molecule has 2 bridgehead atoms. The minimum atomic E-state index is -0.185. The van der Waals surface area contributed by atoms with Gasteiger partial charge in [-0.2, -0.15) is 0 Å². The van der Waals surface area contributed by atoms with Gasteiger partial charge in [0, 0.05) is 24.6 Å². The van der Waals surface area contributed by atoms with E-state index >= 15 is 0 Å². The molecule has 2 nitrogen and oxygen atoms in total. The molecule has 1 N–H and O–H groups in total. The minimum Gasteiger partial charge on any atom is -0.396 e. The number of fused-ring (bicyclic) bond motifs is 2. The maximum Gasteiger partial charge on any atom is 0.123 e. The van der Waals surface area contributed by atoms with Gasteiger partial charge in [0.15, 0.2) is 0 Å². The van der Waals surface area contributed by atoms with Crippen molar-refractivity contribution in [2.45, 2.75) is 37.3 Å². The summed E-state index contributed by atoms with van der Waals surface area (Å²) >= 11 is 0. The molecule has 0 unspecified atom stereocenters. The molecular weight excluding hydrogens is 229 g/mol. The van der Waals surface area contributed by atoms with Crippen LogP contribution in [0.2, 0.25) is 0 Å². The van der Waals surface area contributed by atoms with Gasteiger partial charge in [0.25, 0.3) is 0 Å². The monoisotopic (exact) mass is 249 g/mol. The van der Waals surface area contributed by atoms with E-state index in [-0.39, 0.29) is 12.4 Å². The molecule has 0 aromatic heterocycles. The number of piperidine rings is 1. The first-order chi connectivity index (χ1) is 8.70. The smallest absolute Gasteiger partial charge is 0.123 e. The van der Waals surface area contributed by atoms with Gasteiger partial charge in [-0.15, -0.1) is 0 Å². The normalized spacial score (nSPS) is 35.9. The zero-order valence-electron chi connectivity index (χ0n) is 10.7. The molecule has 2 fully saturated rings. The lowest BCUT2D eigenvalue weighted by atomic mass is 9.76. The lowest BCUT2D eigenvalue weighted by Gasteiger charge is -2.42. The third kappa shape index (κ3) is 1.86. The van der Waals surface area contributed by atoms with Crippen molar-refractivity contribution < 1.29 is 9.50 Å². The highest BCUT2D eigenvalue weighted by atomic mass is 19.1. The molecule has 1 aromatic rings. The molecule has 3 heteroatoms. The summed E-state index contributed by atoms with van der Waals surface area (Å²) in [5.41, 5.74) is 1.18. The van der Waals surface area contributed by atoms with Crippen LogP contribution in [0.3, 0.4) is 0 Å². The molecule has 1 aromatic carbocycles. The van der Waals surface area contributed by atoms with Crippen molar-refractivity contribution in [2.24, 2.45) is 5.92 Å². The molecule has 2 heterocycles. The molecule has 4 atom stereocenters. The predicted octanol–water partition coefficient (Wildman–Crippen LogP) is 2.38. The molecular formula is C15H20FNO. The van der Waals surface area contributed by atoms with E-state index in [0.29, 0.717) is 23.9 Å². The van der Waals surface area contributed by atoms with Crippen LogP contribution in [0.5, 0.6) is 0 Å². The van der Waals surface area contributed by atoms with E-state index in [2.05, 4.69) is 11.9 Å². The standard InChI is InChI=1S/C15H20FNO/c1-17-12-6-7-15(17)14(9-18)13(8-12)10-2-4-11(16)5-3-10/h2-5,12-15,18H,6-9H2,1H3/t12-,13+,14+,15+/m0/s1. The van der Waals surface area contributed by atoms with Crippen LogP contribution >= 0.6 is 0 Å². The van der Waals surface area contributed by atoms with E-state index in [0.717, 1.165) is 6.42 Å². The fourth-order valence-corrected chi connectivity index (χ4v) is 3.92. The SMILES string of the molecule is CN1[C@H]2CC[C@@H]1[C@H](CO)[C@@H](c1ccc(F)cc1)C2. The van der Waals surface area contributed by atoms with Crippen molar-refractivity contribution >= 4 is 0 Å². The fraction of sp³-hybridized carbons (Fsp3) is 0.600. The third-order valence-corrected chi connectivity index (χ3v) is 4.94. The second kappa shape index (κ2) is 4.63. The van der Waals surface area contributed by atoms with Gasteiger partial charge in [-0.25, -0.2) is 4.39 Å². The molecule has 0 saturated carbocycles. The van der Waals surface area contributed by atoms with Crippen molar-refractivity contribution in [3.05, 3.63) is 35.6 Å². The summed E-state index contributed by atoms with van der Waals surface area (Å²) in [5, 5.41) is 9.71. The van der Waals surface area contributed by atoms with E-state index in [4.69, 9.17) is 0 Å². The zero-order chi connectivity index (χ0) is 12.7. The average molecular weight is 249 g/mol. The summed E-state index contributed by atoms with van der Waals surface area (Å²) in [4.78, 5) is 2.43. The number of benzene rings is 1. The van der Waals surface area contributed by atoms with Crippen LogP contribution in [0.4, 0.5) is 4.39 Å². The quantitative estimate of drug-likeness (QED) is 0.870. The van der Waals surface area contributed by atoms with Crippen LogP contribution in [0.1, 0.15) is 30.7 Å². The Bertz CT molecular complexity index is 419. The van der Waals surface area contributed by atoms with Crippen LogP contribution in [-0.2, 0) is 0 Å². The number of nitrogens with zero attached hydrogens (tertiary/aromatic N) is 1. The number of halogens is 1. The van der Waals surface area contributed by atoms with Crippen molar-refractivity contribution in [3.63, 3.8) is 0 Å². The highest BCUT2D eigenvalue weighted by Gasteiger charge is 2.45. The second-order valence-corrected chi connectivity index (χ2v) is 5.70. The van der Waals surface area contributed by atoms with Crippen molar-refractivity contribution in [3.8, 4) is 0 Å². The first kappa shape index (κ1) is 12.1. The Kier molecular flexibility index (Phi) is 3.12. The average Bonchev–Trinajstić information content (AvgIpc) is 2.63. The van der Waals surface area contributed by atoms with E-state index in [9.17, 15) is 9.50 Å². The summed E-state index contributed by atoms with van der Waals surface area (Å²) < 4.78 is 13.0. The summed E-state index contributed by atoms with van der Waals surface area (Å²) in [6, 6.07) is 7.95. The van der Waals surface area contributed by atoms with Crippen molar-refractivity contribution in [2.75, 3.05) is 13.7 Å². The predicted molar refractivity (Wildman–Crippen MR) is 68.9 cm³/mol. The zero-order valence-corrected chi connectivity index (χ0v) is 10.7. The first-order valence-corrected chi connectivity index (χ1v) is 6.79. The highest BCUT2D eigenvalue weighted by Crippen LogP contribution is 2.45. The molecule has 0 amide bonds. The Morgan fingerprint density at radius 3 is 2.67 bits per heavy atom. The number of rotatable bonds is 2. The summed E-state index contributed by atoms with van der Waals surface area (Å²) in [6.45, 7) is 0.226. The van der Waals surface area contributed by atoms with Crippen LogP contribution in [0.15, 0.2) is 24.3 Å². The van der Waals surface area contributed by atoms with Gasteiger partial charge in [-0.1, -0.05) is 12.1 Å². The number of hydrogen-bond acceptors (Lipinski definition) is 2. The molecule has 0 radical (unpaired) electrons. The Morgan fingerprint density at radius 1 is 1.28 bits per heavy atom. The van der Waals surface area contributed by atoms with Crippen molar-refractivity contribution in [1.82, 2.24) is 4.90 Å². The second-order valence-electron chi connectivity index (χ2n) is 5.70. The van der Waals surface area contributed by atoms with E-state index in [1.807, 2.05) is 12.1 Å². The van der Waals surface area contributed by atoms with Gasteiger partial charge in [-0.3, -0.25) is 0 Å². The number of aliphatic hydroxyl groups is 1. The molecule has 18 heavy (non-hydrogen) atoms. The maximum absolute atomic E-state index is 13.0. The topological polar surface area (TPSA) is 23.5 Å². The lowest BCUT2D eigenvalue weighted by Crippen LogP contribution is -2.47.